The summed E-state index contributed by atoms with van der Waals surface area (Å²) < 4.78 is 0. The second-order valence-electron chi connectivity index (χ2n) is 8.14. The Morgan fingerprint density at radius 2 is 1.84 bits per heavy atom. The van der Waals surface area contributed by atoms with Crippen molar-refractivity contribution in [1.29, 1.82) is 0 Å². The first-order chi connectivity index (χ1) is 12.2. The van der Waals surface area contributed by atoms with Crippen LogP contribution in [0.2, 0.25) is 0 Å². The maximum atomic E-state index is 12.7. The molecule has 1 spiro atoms. The van der Waals surface area contributed by atoms with Gasteiger partial charge < -0.3 is 9.80 Å². The molecule has 2 aliphatic rings. The monoisotopic (exact) mass is 342 g/mol. The number of nitrogens with zero attached hydrogens (tertiary/aromatic N) is 2. The van der Waals surface area contributed by atoms with Crippen LogP contribution in [0.4, 0.5) is 0 Å². The molecule has 0 aliphatic carbocycles. The van der Waals surface area contributed by atoms with E-state index in [0.29, 0.717) is 11.3 Å². The van der Waals surface area contributed by atoms with Gasteiger partial charge in [-0.1, -0.05) is 44.2 Å². The quantitative estimate of drug-likeness (QED) is 0.781. The molecule has 25 heavy (non-hydrogen) atoms. The van der Waals surface area contributed by atoms with E-state index >= 15 is 0 Å². The van der Waals surface area contributed by atoms with E-state index in [1.165, 1.54) is 37.9 Å². The fourth-order valence-electron chi connectivity index (χ4n) is 4.79. The average molecular weight is 343 g/mol. The van der Waals surface area contributed by atoms with Crippen LogP contribution in [0.15, 0.2) is 30.3 Å². The molecule has 3 rings (SSSR count). The van der Waals surface area contributed by atoms with Crippen molar-refractivity contribution in [3.63, 3.8) is 0 Å². The van der Waals surface area contributed by atoms with Crippen molar-refractivity contribution in [3.05, 3.63) is 35.9 Å². The molecule has 1 atom stereocenters. The lowest BCUT2D eigenvalue weighted by molar-refractivity contribution is -0.135. The van der Waals surface area contributed by atoms with E-state index < -0.39 is 0 Å². The SMILES string of the molecule is CCC(CC)C(=O)N1CCC2(CCCN(CCc3ccccc3)C2)C1. The number of hydrogen-bond donors (Lipinski definition) is 0. The van der Waals surface area contributed by atoms with Gasteiger partial charge in [0.2, 0.25) is 5.91 Å². The molecule has 3 nitrogen and oxygen atoms in total. The predicted molar refractivity (Wildman–Crippen MR) is 104 cm³/mol. The second-order valence-corrected chi connectivity index (χ2v) is 8.14. The summed E-state index contributed by atoms with van der Waals surface area (Å²) in [6.45, 7) is 9.79. The molecule has 2 aliphatic heterocycles. The van der Waals surface area contributed by atoms with Crippen molar-refractivity contribution >= 4 is 5.91 Å². The second kappa shape index (κ2) is 8.35. The molecule has 0 N–H and O–H groups in total. The zero-order valence-electron chi connectivity index (χ0n) is 16.0. The van der Waals surface area contributed by atoms with Gasteiger partial charge in [-0.05, 0) is 50.6 Å². The zero-order valence-corrected chi connectivity index (χ0v) is 16.0. The summed E-state index contributed by atoms with van der Waals surface area (Å²) in [4.78, 5) is 17.6. The fraction of sp³-hybridized carbons (Fsp3) is 0.682. The van der Waals surface area contributed by atoms with Gasteiger partial charge in [-0.15, -0.1) is 0 Å². The standard InChI is InChI=1S/C22H34N2O/c1-3-20(4-2)21(25)24-16-13-22(18-24)12-8-14-23(17-22)15-11-19-9-6-5-7-10-19/h5-7,9-10,20H,3-4,8,11-18H2,1-2H3. The summed E-state index contributed by atoms with van der Waals surface area (Å²) in [7, 11) is 0. The van der Waals surface area contributed by atoms with E-state index in [2.05, 4.69) is 54.0 Å². The van der Waals surface area contributed by atoms with Gasteiger partial charge in [-0.3, -0.25) is 4.79 Å². The van der Waals surface area contributed by atoms with E-state index in [-0.39, 0.29) is 5.92 Å². The van der Waals surface area contributed by atoms with Crippen LogP contribution in [0.5, 0.6) is 0 Å². The maximum absolute atomic E-state index is 12.7. The Morgan fingerprint density at radius 1 is 1.08 bits per heavy atom. The minimum atomic E-state index is 0.230. The van der Waals surface area contributed by atoms with Gasteiger partial charge in [0, 0.05) is 37.5 Å². The van der Waals surface area contributed by atoms with E-state index in [9.17, 15) is 4.79 Å². The Labute approximate surface area is 153 Å². The number of hydrogen-bond acceptors (Lipinski definition) is 2. The molecule has 1 amide bonds. The summed E-state index contributed by atoms with van der Waals surface area (Å²) in [6.07, 6.45) is 6.85. The average Bonchev–Trinajstić information content (AvgIpc) is 3.05. The van der Waals surface area contributed by atoms with Gasteiger partial charge in [0.25, 0.3) is 0 Å². The van der Waals surface area contributed by atoms with Gasteiger partial charge in [-0.2, -0.15) is 0 Å². The number of likely N-dealkylation sites (tertiary alicyclic amines) is 2. The van der Waals surface area contributed by atoms with Crippen LogP contribution < -0.4 is 0 Å². The Morgan fingerprint density at radius 3 is 2.56 bits per heavy atom. The van der Waals surface area contributed by atoms with Crippen LogP contribution in [0.25, 0.3) is 0 Å². The van der Waals surface area contributed by atoms with Crippen LogP contribution in [-0.4, -0.2) is 48.4 Å². The largest absolute Gasteiger partial charge is 0.342 e. The lowest BCUT2D eigenvalue weighted by atomic mass is 9.79. The lowest BCUT2D eigenvalue weighted by Gasteiger charge is -2.40. The van der Waals surface area contributed by atoms with E-state index in [1.54, 1.807) is 0 Å². The predicted octanol–water partition coefficient (Wildman–Crippen LogP) is 3.98. The van der Waals surface area contributed by atoms with Gasteiger partial charge in [0.15, 0.2) is 0 Å². The molecule has 0 aromatic heterocycles. The molecular formula is C22H34N2O. The van der Waals surface area contributed by atoms with Crippen LogP contribution >= 0.6 is 0 Å². The third kappa shape index (κ3) is 4.44. The third-order valence-corrected chi connectivity index (χ3v) is 6.38. The summed E-state index contributed by atoms with van der Waals surface area (Å²) in [5.41, 5.74) is 1.79. The molecule has 2 heterocycles. The molecule has 0 saturated carbocycles. The molecule has 3 heteroatoms. The third-order valence-electron chi connectivity index (χ3n) is 6.38. The molecule has 1 unspecified atom stereocenters. The summed E-state index contributed by atoms with van der Waals surface area (Å²) >= 11 is 0. The molecule has 0 radical (unpaired) electrons. The molecule has 138 valence electrons. The van der Waals surface area contributed by atoms with Gasteiger partial charge in [0.1, 0.15) is 0 Å². The smallest absolute Gasteiger partial charge is 0.225 e. The first-order valence-electron chi connectivity index (χ1n) is 10.2. The van der Waals surface area contributed by atoms with Crippen molar-refractivity contribution in [2.75, 3.05) is 32.7 Å². The molecular weight excluding hydrogens is 308 g/mol. The van der Waals surface area contributed by atoms with Crippen LogP contribution in [-0.2, 0) is 11.2 Å². The number of amides is 1. The zero-order chi connectivity index (χ0) is 17.7. The van der Waals surface area contributed by atoms with Crippen LogP contribution in [0.3, 0.4) is 0 Å². The Balaban J connectivity index is 1.55. The minimum absolute atomic E-state index is 0.230. The highest BCUT2D eigenvalue weighted by molar-refractivity contribution is 5.79. The fourth-order valence-corrected chi connectivity index (χ4v) is 4.79. The lowest BCUT2D eigenvalue weighted by Crippen LogP contribution is -2.46. The van der Waals surface area contributed by atoms with Crippen molar-refractivity contribution in [3.8, 4) is 0 Å². The van der Waals surface area contributed by atoms with E-state index in [1.807, 2.05) is 0 Å². The summed E-state index contributed by atoms with van der Waals surface area (Å²) in [6, 6.07) is 10.8. The topological polar surface area (TPSA) is 23.6 Å². The van der Waals surface area contributed by atoms with Crippen LogP contribution in [0, 0.1) is 11.3 Å². The normalized spacial score (nSPS) is 24.4. The molecule has 1 aromatic rings. The van der Waals surface area contributed by atoms with Gasteiger partial charge in [0.05, 0.1) is 0 Å². The summed E-state index contributed by atoms with van der Waals surface area (Å²) in [5.74, 6) is 0.635. The van der Waals surface area contributed by atoms with Crippen molar-refractivity contribution < 1.29 is 4.79 Å². The number of piperidine rings is 1. The van der Waals surface area contributed by atoms with Crippen LogP contribution in [0.1, 0.15) is 51.5 Å². The Hall–Kier alpha value is -1.35. The number of carbonyl (C=O) groups is 1. The van der Waals surface area contributed by atoms with Crippen molar-refractivity contribution in [2.24, 2.45) is 11.3 Å². The highest BCUT2D eigenvalue weighted by atomic mass is 16.2. The number of rotatable bonds is 6. The molecule has 2 saturated heterocycles. The first kappa shape index (κ1) is 18.4. The first-order valence-corrected chi connectivity index (χ1v) is 10.2. The number of carbonyl (C=O) groups excluding carboxylic acids is 1. The summed E-state index contributed by atoms with van der Waals surface area (Å²) in [5, 5.41) is 0. The van der Waals surface area contributed by atoms with Crippen molar-refractivity contribution in [1.82, 2.24) is 9.80 Å². The molecule has 2 fully saturated rings. The Bertz CT molecular complexity index is 554. The maximum Gasteiger partial charge on any atom is 0.225 e. The molecule has 0 bridgehead atoms. The van der Waals surface area contributed by atoms with E-state index in [0.717, 1.165) is 38.9 Å². The minimum Gasteiger partial charge on any atom is -0.342 e. The van der Waals surface area contributed by atoms with Gasteiger partial charge in [-0.25, -0.2) is 0 Å². The highest BCUT2D eigenvalue weighted by Gasteiger charge is 2.43. The van der Waals surface area contributed by atoms with Crippen molar-refractivity contribution in [2.45, 2.75) is 52.4 Å². The highest BCUT2D eigenvalue weighted by Crippen LogP contribution is 2.39. The Kier molecular flexibility index (Phi) is 6.16. The van der Waals surface area contributed by atoms with Gasteiger partial charge >= 0.3 is 0 Å². The molecule has 1 aromatic carbocycles. The van der Waals surface area contributed by atoms with E-state index in [4.69, 9.17) is 0 Å². The number of benzene rings is 1.